The van der Waals surface area contributed by atoms with Gasteiger partial charge >= 0.3 is 0 Å². The molecule has 0 spiro atoms. The first kappa shape index (κ1) is 23.7. The molecule has 0 aliphatic carbocycles. The summed E-state index contributed by atoms with van der Waals surface area (Å²) in [6, 6.07) is 22.0. The Morgan fingerprint density at radius 3 is 2.23 bits per heavy atom. The van der Waals surface area contributed by atoms with Crippen molar-refractivity contribution in [2.75, 3.05) is 36.8 Å². The van der Waals surface area contributed by atoms with Crippen molar-refractivity contribution in [1.29, 1.82) is 0 Å². The monoisotopic (exact) mass is 524 g/mol. The topological polar surface area (TPSA) is 58.4 Å². The summed E-state index contributed by atoms with van der Waals surface area (Å²) >= 11 is 13.6. The second kappa shape index (κ2) is 10.3. The maximum absolute atomic E-state index is 13.4. The van der Waals surface area contributed by atoms with Gasteiger partial charge in [0, 0.05) is 41.9 Å². The Labute approximate surface area is 217 Å². The molecule has 178 valence electrons. The molecule has 3 aromatic carbocycles. The molecule has 9 heteroatoms. The summed E-state index contributed by atoms with van der Waals surface area (Å²) < 4.78 is 1.53. The number of benzene rings is 3. The molecule has 1 amide bonds. The van der Waals surface area contributed by atoms with Crippen molar-refractivity contribution in [3.63, 3.8) is 0 Å². The Bertz CT molecular complexity index is 1450. The fourth-order valence-electron chi connectivity index (χ4n) is 4.16. The second-order valence-corrected chi connectivity index (χ2v) is 9.98. The van der Waals surface area contributed by atoms with E-state index in [4.69, 9.17) is 28.2 Å². The normalized spacial score (nSPS) is 13.9. The number of para-hydroxylation sites is 1. The third kappa shape index (κ3) is 5.17. The highest BCUT2D eigenvalue weighted by Crippen LogP contribution is 2.24. The Morgan fingerprint density at radius 1 is 0.857 bits per heavy atom. The average Bonchev–Trinajstić information content (AvgIpc) is 2.87. The predicted molar refractivity (Wildman–Crippen MR) is 143 cm³/mol. The van der Waals surface area contributed by atoms with Gasteiger partial charge in [-0.3, -0.25) is 14.2 Å². The van der Waals surface area contributed by atoms with Gasteiger partial charge in [0.25, 0.3) is 5.56 Å². The number of nitrogens with zero attached hydrogens (tertiary/aromatic N) is 4. The van der Waals surface area contributed by atoms with Crippen LogP contribution in [0.3, 0.4) is 0 Å². The number of fused-ring (bicyclic) bond motifs is 1. The molecular formula is C26H22Cl2N4O2S. The fourth-order valence-corrected chi connectivity index (χ4v) is 5.44. The summed E-state index contributed by atoms with van der Waals surface area (Å²) in [5, 5.41) is 2.19. The van der Waals surface area contributed by atoms with Gasteiger partial charge in [0.2, 0.25) is 5.91 Å². The van der Waals surface area contributed by atoms with Crippen LogP contribution in [0, 0.1) is 0 Å². The lowest BCUT2D eigenvalue weighted by Gasteiger charge is -2.36. The number of aromatic nitrogens is 2. The van der Waals surface area contributed by atoms with Gasteiger partial charge in [-0.05, 0) is 48.5 Å². The van der Waals surface area contributed by atoms with Gasteiger partial charge in [-0.1, -0.05) is 59.2 Å². The zero-order chi connectivity index (χ0) is 24.4. The molecule has 2 heterocycles. The molecule has 1 aromatic heterocycles. The molecule has 1 saturated heterocycles. The molecule has 0 bridgehead atoms. The lowest BCUT2D eigenvalue weighted by molar-refractivity contribution is -0.128. The van der Waals surface area contributed by atoms with E-state index in [2.05, 4.69) is 4.90 Å². The van der Waals surface area contributed by atoms with Crippen molar-refractivity contribution in [3.8, 4) is 5.69 Å². The summed E-state index contributed by atoms with van der Waals surface area (Å²) in [7, 11) is 0. The Hall–Kier alpha value is -3.00. The predicted octanol–water partition coefficient (Wildman–Crippen LogP) is 5.13. The van der Waals surface area contributed by atoms with Crippen LogP contribution in [0.4, 0.5) is 5.69 Å². The first-order valence-electron chi connectivity index (χ1n) is 11.2. The molecule has 4 aromatic rings. The van der Waals surface area contributed by atoms with E-state index in [0.717, 1.165) is 18.8 Å². The van der Waals surface area contributed by atoms with Crippen molar-refractivity contribution in [3.05, 3.63) is 93.2 Å². The fraction of sp³-hybridized carbons (Fsp3) is 0.192. The van der Waals surface area contributed by atoms with E-state index < -0.39 is 0 Å². The van der Waals surface area contributed by atoms with Crippen LogP contribution in [0.25, 0.3) is 16.6 Å². The van der Waals surface area contributed by atoms with Crippen LogP contribution in [0.5, 0.6) is 0 Å². The van der Waals surface area contributed by atoms with E-state index in [1.54, 1.807) is 30.3 Å². The van der Waals surface area contributed by atoms with Gasteiger partial charge in [0.05, 0.1) is 22.3 Å². The largest absolute Gasteiger partial charge is 0.368 e. The summed E-state index contributed by atoms with van der Waals surface area (Å²) in [5.74, 6) is 0.198. The highest BCUT2D eigenvalue weighted by molar-refractivity contribution is 7.99. The van der Waals surface area contributed by atoms with E-state index >= 15 is 0 Å². The van der Waals surface area contributed by atoms with Crippen LogP contribution in [0.2, 0.25) is 10.0 Å². The first-order valence-corrected chi connectivity index (χ1v) is 12.9. The quantitative estimate of drug-likeness (QED) is 0.267. The summed E-state index contributed by atoms with van der Waals surface area (Å²) in [5.41, 5.74) is 2.08. The maximum Gasteiger partial charge on any atom is 0.266 e. The summed E-state index contributed by atoms with van der Waals surface area (Å²) in [4.78, 5) is 35.2. The minimum atomic E-state index is -0.192. The van der Waals surface area contributed by atoms with Crippen molar-refractivity contribution in [2.45, 2.75) is 5.16 Å². The number of anilines is 1. The number of thioether (sulfide) groups is 1. The number of piperazine rings is 1. The lowest BCUT2D eigenvalue weighted by Crippen LogP contribution is -2.49. The molecule has 6 nitrogen and oxygen atoms in total. The zero-order valence-electron chi connectivity index (χ0n) is 18.7. The minimum absolute atomic E-state index is 0.0146. The number of halogens is 2. The highest BCUT2D eigenvalue weighted by atomic mass is 35.5. The third-order valence-corrected chi connectivity index (χ3v) is 7.34. The van der Waals surface area contributed by atoms with Crippen LogP contribution >= 0.6 is 35.0 Å². The molecule has 0 saturated carbocycles. The van der Waals surface area contributed by atoms with Crippen LogP contribution in [0.1, 0.15) is 0 Å². The van der Waals surface area contributed by atoms with Crippen LogP contribution in [0.15, 0.2) is 82.7 Å². The number of carbonyl (C=O) groups is 1. The number of rotatable bonds is 5. The SMILES string of the molecule is O=C(CSc1nc2ccccc2c(=O)n1-c1cccc(Cl)c1)N1CCN(c2cccc(Cl)c2)CC1. The van der Waals surface area contributed by atoms with E-state index in [0.29, 0.717) is 44.9 Å². The molecule has 0 unspecified atom stereocenters. The van der Waals surface area contributed by atoms with Crippen LogP contribution in [-0.4, -0.2) is 52.3 Å². The van der Waals surface area contributed by atoms with Gasteiger partial charge < -0.3 is 9.80 Å². The third-order valence-electron chi connectivity index (χ3n) is 5.94. The molecule has 1 aliphatic rings. The van der Waals surface area contributed by atoms with Crippen molar-refractivity contribution in [2.24, 2.45) is 0 Å². The molecular weight excluding hydrogens is 503 g/mol. The number of carbonyl (C=O) groups excluding carboxylic acids is 1. The number of hydrogen-bond acceptors (Lipinski definition) is 5. The Morgan fingerprint density at radius 2 is 1.51 bits per heavy atom. The van der Waals surface area contributed by atoms with E-state index in [1.165, 1.54) is 16.3 Å². The van der Waals surface area contributed by atoms with Gasteiger partial charge in [-0.2, -0.15) is 0 Å². The van der Waals surface area contributed by atoms with Crippen molar-refractivity contribution >= 4 is 57.5 Å². The molecule has 0 atom stereocenters. The summed E-state index contributed by atoms with van der Waals surface area (Å²) in [6.07, 6.45) is 0. The molecule has 5 rings (SSSR count). The molecule has 0 radical (unpaired) electrons. The van der Waals surface area contributed by atoms with Gasteiger partial charge in [0.15, 0.2) is 5.16 Å². The van der Waals surface area contributed by atoms with Crippen molar-refractivity contribution in [1.82, 2.24) is 14.5 Å². The minimum Gasteiger partial charge on any atom is -0.368 e. The number of hydrogen-bond donors (Lipinski definition) is 0. The van der Waals surface area contributed by atoms with E-state index in [-0.39, 0.29) is 17.2 Å². The van der Waals surface area contributed by atoms with Gasteiger partial charge in [-0.25, -0.2) is 4.98 Å². The van der Waals surface area contributed by atoms with Crippen LogP contribution in [-0.2, 0) is 4.79 Å². The Balaban J connectivity index is 1.34. The summed E-state index contributed by atoms with van der Waals surface area (Å²) in [6.45, 7) is 2.71. The smallest absolute Gasteiger partial charge is 0.266 e. The Kier molecular flexibility index (Phi) is 7.00. The molecule has 1 aliphatic heterocycles. The highest BCUT2D eigenvalue weighted by Gasteiger charge is 2.23. The molecule has 35 heavy (non-hydrogen) atoms. The number of amides is 1. The van der Waals surface area contributed by atoms with Crippen LogP contribution < -0.4 is 10.5 Å². The maximum atomic E-state index is 13.4. The lowest BCUT2D eigenvalue weighted by atomic mass is 10.2. The van der Waals surface area contributed by atoms with Gasteiger partial charge in [0.1, 0.15) is 0 Å². The first-order chi connectivity index (χ1) is 17.0. The second-order valence-electron chi connectivity index (χ2n) is 8.17. The standard InChI is InChI=1S/C26H22Cl2N4O2S/c27-18-5-3-7-20(15-18)30-11-13-31(14-12-30)24(33)17-35-26-29-23-10-2-1-9-22(23)25(34)32(26)21-8-4-6-19(28)16-21/h1-10,15-16H,11-14,17H2. The average molecular weight is 525 g/mol. The zero-order valence-corrected chi connectivity index (χ0v) is 21.1. The molecule has 0 N–H and O–H groups in total. The van der Waals surface area contributed by atoms with E-state index in [9.17, 15) is 9.59 Å². The van der Waals surface area contributed by atoms with Gasteiger partial charge in [-0.15, -0.1) is 0 Å². The van der Waals surface area contributed by atoms with E-state index in [1.807, 2.05) is 47.4 Å². The molecule has 1 fully saturated rings. The van der Waals surface area contributed by atoms with Crippen molar-refractivity contribution < 1.29 is 4.79 Å².